The van der Waals surface area contributed by atoms with Gasteiger partial charge in [0, 0.05) is 18.8 Å². The molecule has 11 heteroatoms. The molecule has 196 valence electrons. The third-order valence-electron chi connectivity index (χ3n) is 6.65. The monoisotopic (exact) mass is 515 g/mol. The van der Waals surface area contributed by atoms with Gasteiger partial charge in [0.05, 0.1) is 49.0 Å². The summed E-state index contributed by atoms with van der Waals surface area (Å²) in [5.74, 6) is 0.695. The van der Waals surface area contributed by atoms with Crippen molar-refractivity contribution in [3.05, 3.63) is 60.6 Å². The van der Waals surface area contributed by atoms with Gasteiger partial charge in [-0.15, -0.1) is 5.10 Å². The van der Waals surface area contributed by atoms with Crippen LogP contribution in [-0.4, -0.2) is 54.2 Å². The zero-order valence-electron chi connectivity index (χ0n) is 21.2. The van der Waals surface area contributed by atoms with Crippen molar-refractivity contribution >= 4 is 11.9 Å². The van der Waals surface area contributed by atoms with Crippen molar-refractivity contribution < 1.29 is 19.4 Å². The van der Waals surface area contributed by atoms with Crippen LogP contribution in [-0.2, 0) is 18.4 Å². The smallest absolute Gasteiger partial charge is 0.306 e. The fourth-order valence-corrected chi connectivity index (χ4v) is 4.65. The SMILES string of the molecule is COc1ccccc1-c1ccnc(NCc2c(-c3ccc(O[C@H]4CCC[C@H](C(=O)O)C4)cn3)nnn2C)n1. The van der Waals surface area contributed by atoms with Crippen molar-refractivity contribution in [3.8, 4) is 34.1 Å². The van der Waals surface area contributed by atoms with Crippen molar-refractivity contribution in [1.29, 1.82) is 0 Å². The Kier molecular flexibility index (Phi) is 7.43. The number of hydrogen-bond acceptors (Lipinski definition) is 9. The van der Waals surface area contributed by atoms with Gasteiger partial charge in [0.15, 0.2) is 0 Å². The first-order valence-electron chi connectivity index (χ1n) is 12.5. The molecule has 4 aromatic rings. The summed E-state index contributed by atoms with van der Waals surface area (Å²) in [5, 5.41) is 21.1. The number of carboxylic acid groups (broad SMARTS) is 1. The molecule has 2 N–H and O–H groups in total. The summed E-state index contributed by atoms with van der Waals surface area (Å²) in [4.78, 5) is 24.9. The van der Waals surface area contributed by atoms with Crippen molar-refractivity contribution in [2.75, 3.05) is 12.4 Å². The summed E-state index contributed by atoms with van der Waals surface area (Å²) in [6, 6.07) is 13.2. The lowest BCUT2D eigenvalue weighted by atomic mass is 9.87. The number of rotatable bonds is 9. The second-order valence-electron chi connectivity index (χ2n) is 9.15. The Morgan fingerprint density at radius 3 is 2.79 bits per heavy atom. The van der Waals surface area contributed by atoms with E-state index in [9.17, 15) is 9.90 Å². The number of hydrogen-bond donors (Lipinski definition) is 2. The Morgan fingerprint density at radius 2 is 2.00 bits per heavy atom. The predicted molar refractivity (Wildman–Crippen MR) is 140 cm³/mol. The van der Waals surface area contributed by atoms with E-state index in [-0.39, 0.29) is 12.0 Å². The van der Waals surface area contributed by atoms with Crippen molar-refractivity contribution in [1.82, 2.24) is 29.9 Å². The molecular formula is C27H29N7O4. The highest BCUT2D eigenvalue weighted by Gasteiger charge is 2.28. The van der Waals surface area contributed by atoms with Gasteiger partial charge in [0.25, 0.3) is 0 Å². The van der Waals surface area contributed by atoms with E-state index in [1.54, 1.807) is 24.2 Å². The summed E-state index contributed by atoms with van der Waals surface area (Å²) in [6.45, 7) is 0.382. The zero-order valence-corrected chi connectivity index (χ0v) is 21.2. The molecule has 2 atom stereocenters. The molecule has 1 fully saturated rings. The van der Waals surface area contributed by atoms with E-state index in [0.717, 1.165) is 35.5 Å². The average molecular weight is 516 g/mol. The van der Waals surface area contributed by atoms with Crippen LogP contribution >= 0.6 is 0 Å². The first-order valence-corrected chi connectivity index (χ1v) is 12.5. The minimum Gasteiger partial charge on any atom is -0.496 e. The number of methoxy groups -OCH3 is 1. The number of anilines is 1. The topological polar surface area (TPSA) is 137 Å². The number of benzene rings is 1. The summed E-state index contributed by atoms with van der Waals surface area (Å²) in [6.07, 6.45) is 6.11. The highest BCUT2D eigenvalue weighted by Crippen LogP contribution is 2.30. The zero-order chi connectivity index (χ0) is 26.5. The minimum absolute atomic E-state index is 0.125. The summed E-state index contributed by atoms with van der Waals surface area (Å²) >= 11 is 0. The molecule has 0 radical (unpaired) electrons. The van der Waals surface area contributed by atoms with Crippen LogP contribution in [0.3, 0.4) is 0 Å². The maximum absolute atomic E-state index is 11.3. The molecule has 5 rings (SSSR count). The van der Waals surface area contributed by atoms with Gasteiger partial charge in [0.1, 0.15) is 17.2 Å². The Labute approximate surface area is 219 Å². The number of aromatic nitrogens is 6. The van der Waals surface area contributed by atoms with Crippen LogP contribution in [0.1, 0.15) is 31.4 Å². The highest BCUT2D eigenvalue weighted by molar-refractivity contribution is 5.70. The first kappa shape index (κ1) is 25.1. The quantitative estimate of drug-likeness (QED) is 0.337. The maximum Gasteiger partial charge on any atom is 0.306 e. The fourth-order valence-electron chi connectivity index (χ4n) is 4.65. The molecule has 11 nitrogen and oxygen atoms in total. The van der Waals surface area contributed by atoms with E-state index in [0.29, 0.717) is 42.5 Å². The number of para-hydroxylation sites is 1. The summed E-state index contributed by atoms with van der Waals surface area (Å²) in [7, 11) is 3.45. The van der Waals surface area contributed by atoms with Gasteiger partial charge in [-0.1, -0.05) is 17.3 Å². The standard InChI is InChI=1S/C27H29N7O4/c1-34-23(16-30-27-28-13-12-21(31-27)20-8-3-4-9-24(20)37-2)25(32-33-34)22-11-10-19(15-29-22)38-18-7-5-6-17(14-18)26(35)36/h3-4,8-13,15,17-18H,5-7,14,16H2,1-2H3,(H,35,36)(H,28,30,31)/t17-,18-/m0/s1. The molecule has 1 aromatic carbocycles. The fraction of sp³-hybridized carbons (Fsp3) is 0.333. The first-order chi connectivity index (χ1) is 18.5. The van der Waals surface area contributed by atoms with Gasteiger partial charge in [-0.2, -0.15) is 0 Å². The van der Waals surface area contributed by atoms with Crippen LogP contribution in [0.15, 0.2) is 54.9 Å². The van der Waals surface area contributed by atoms with Gasteiger partial charge in [-0.25, -0.2) is 14.6 Å². The molecule has 1 aliphatic carbocycles. The molecule has 3 heterocycles. The van der Waals surface area contributed by atoms with Crippen molar-refractivity contribution in [2.24, 2.45) is 13.0 Å². The molecule has 38 heavy (non-hydrogen) atoms. The van der Waals surface area contributed by atoms with E-state index < -0.39 is 5.97 Å². The number of nitrogens with one attached hydrogen (secondary N) is 1. The van der Waals surface area contributed by atoms with Crippen LogP contribution in [0.2, 0.25) is 0 Å². The highest BCUT2D eigenvalue weighted by atomic mass is 16.5. The number of pyridine rings is 1. The van der Waals surface area contributed by atoms with Crippen LogP contribution in [0.25, 0.3) is 22.6 Å². The van der Waals surface area contributed by atoms with Crippen LogP contribution < -0.4 is 14.8 Å². The molecule has 3 aromatic heterocycles. The molecule has 0 saturated heterocycles. The van der Waals surface area contributed by atoms with Gasteiger partial charge in [-0.05, 0) is 56.0 Å². The van der Waals surface area contributed by atoms with E-state index in [1.807, 2.05) is 49.5 Å². The number of aliphatic carboxylic acids is 1. The third kappa shape index (κ3) is 5.56. The number of nitrogens with zero attached hydrogens (tertiary/aromatic N) is 6. The van der Waals surface area contributed by atoms with Crippen molar-refractivity contribution in [3.63, 3.8) is 0 Å². The predicted octanol–water partition coefficient (Wildman–Crippen LogP) is 3.98. The second kappa shape index (κ2) is 11.2. The number of aryl methyl sites for hydroxylation is 1. The van der Waals surface area contributed by atoms with Gasteiger partial charge >= 0.3 is 5.97 Å². The minimum atomic E-state index is -0.757. The van der Waals surface area contributed by atoms with E-state index in [2.05, 4.69) is 30.6 Å². The lowest BCUT2D eigenvalue weighted by molar-refractivity contribution is -0.143. The Hall–Kier alpha value is -4.54. The number of ether oxygens (including phenoxy) is 2. The molecule has 0 unspecified atom stereocenters. The molecule has 1 saturated carbocycles. The second-order valence-corrected chi connectivity index (χ2v) is 9.15. The molecule has 1 aliphatic rings. The van der Waals surface area contributed by atoms with Crippen LogP contribution in [0.5, 0.6) is 11.5 Å². The maximum atomic E-state index is 11.3. The number of carbonyl (C=O) groups is 1. The van der Waals surface area contributed by atoms with Gasteiger partial charge < -0.3 is 19.9 Å². The Balaban J connectivity index is 1.27. The number of carboxylic acids is 1. The van der Waals surface area contributed by atoms with Gasteiger partial charge in [0.2, 0.25) is 5.95 Å². The third-order valence-corrected chi connectivity index (χ3v) is 6.65. The van der Waals surface area contributed by atoms with Gasteiger partial charge in [-0.3, -0.25) is 9.78 Å². The van der Waals surface area contributed by atoms with Crippen LogP contribution in [0, 0.1) is 5.92 Å². The van der Waals surface area contributed by atoms with E-state index >= 15 is 0 Å². The molecule has 0 amide bonds. The van der Waals surface area contributed by atoms with E-state index in [4.69, 9.17) is 9.47 Å². The lowest BCUT2D eigenvalue weighted by Gasteiger charge is -2.27. The molecule has 0 bridgehead atoms. The summed E-state index contributed by atoms with van der Waals surface area (Å²) in [5.41, 5.74) is 3.72. The molecular weight excluding hydrogens is 486 g/mol. The normalized spacial score (nSPS) is 17.1. The van der Waals surface area contributed by atoms with Crippen LogP contribution in [0.4, 0.5) is 5.95 Å². The molecule has 0 aliphatic heterocycles. The van der Waals surface area contributed by atoms with E-state index in [1.165, 1.54) is 0 Å². The molecule has 0 spiro atoms. The average Bonchev–Trinajstić information content (AvgIpc) is 3.32. The lowest BCUT2D eigenvalue weighted by Crippen LogP contribution is -2.29. The van der Waals surface area contributed by atoms with Crippen molar-refractivity contribution in [2.45, 2.75) is 38.3 Å². The Bertz CT molecular complexity index is 1410. The Morgan fingerprint density at radius 1 is 1.13 bits per heavy atom. The summed E-state index contributed by atoms with van der Waals surface area (Å²) < 4.78 is 13.2. The largest absolute Gasteiger partial charge is 0.496 e.